The second kappa shape index (κ2) is 8.12. The minimum absolute atomic E-state index is 0.209. The quantitative estimate of drug-likeness (QED) is 0.369. The number of phenolic OH excluding ortho intramolecular Hbond substituents is 1. The molecule has 1 aromatic heterocycles. The lowest BCUT2D eigenvalue weighted by Gasteiger charge is -2.10. The summed E-state index contributed by atoms with van der Waals surface area (Å²) >= 11 is 5.93. The van der Waals surface area contributed by atoms with Gasteiger partial charge in [-0.2, -0.15) is 0 Å². The largest absolute Gasteiger partial charge is 0.508 e. The summed E-state index contributed by atoms with van der Waals surface area (Å²) < 4.78 is 5.98. The lowest BCUT2D eigenvalue weighted by Crippen LogP contribution is -2.02. The van der Waals surface area contributed by atoms with Gasteiger partial charge in [-0.3, -0.25) is 0 Å². The molecule has 0 aliphatic carbocycles. The standard InChI is InChI=1S/C23H18ClN3O2/c24-15-4-10-18(11-5-15)29-23-3-1-2-21-19(23)12-13-22(27-21)20(25)14-26-16-6-8-17(28)9-7-16/h1-14,26,28H,25H2/b20-14-. The van der Waals surface area contributed by atoms with Gasteiger partial charge in [0.1, 0.15) is 17.2 Å². The van der Waals surface area contributed by atoms with Crippen molar-refractivity contribution in [1.82, 2.24) is 4.98 Å². The van der Waals surface area contributed by atoms with Gasteiger partial charge in [-0.1, -0.05) is 17.7 Å². The molecule has 3 aromatic carbocycles. The minimum Gasteiger partial charge on any atom is -0.508 e. The molecular formula is C23H18ClN3O2. The Hall–Kier alpha value is -3.70. The van der Waals surface area contributed by atoms with E-state index >= 15 is 0 Å². The van der Waals surface area contributed by atoms with Crippen molar-refractivity contribution < 1.29 is 9.84 Å². The smallest absolute Gasteiger partial charge is 0.136 e. The Bertz CT molecular complexity index is 1170. The third-order valence-corrected chi connectivity index (χ3v) is 4.54. The molecule has 0 spiro atoms. The molecule has 0 aliphatic heterocycles. The van der Waals surface area contributed by atoms with E-state index < -0.39 is 0 Å². The molecule has 5 nitrogen and oxygen atoms in total. The minimum atomic E-state index is 0.209. The number of halogens is 1. The van der Waals surface area contributed by atoms with E-state index in [2.05, 4.69) is 10.3 Å². The number of nitrogens with one attached hydrogen (secondary N) is 1. The Labute approximate surface area is 173 Å². The van der Waals surface area contributed by atoms with Gasteiger partial charge in [0.15, 0.2) is 0 Å². The van der Waals surface area contributed by atoms with Crippen molar-refractivity contribution in [3.8, 4) is 17.2 Å². The Morgan fingerprint density at radius 3 is 2.48 bits per heavy atom. The molecule has 1 heterocycles. The molecule has 4 aromatic rings. The highest BCUT2D eigenvalue weighted by atomic mass is 35.5. The fourth-order valence-electron chi connectivity index (χ4n) is 2.80. The summed E-state index contributed by atoms with van der Waals surface area (Å²) in [7, 11) is 0. The number of pyridine rings is 1. The van der Waals surface area contributed by atoms with Gasteiger partial charge in [0.2, 0.25) is 0 Å². The second-order valence-electron chi connectivity index (χ2n) is 6.37. The molecule has 4 N–H and O–H groups in total. The molecule has 0 bridgehead atoms. The topological polar surface area (TPSA) is 80.4 Å². The fourth-order valence-corrected chi connectivity index (χ4v) is 2.92. The van der Waals surface area contributed by atoms with E-state index in [1.165, 1.54) is 0 Å². The lowest BCUT2D eigenvalue weighted by atomic mass is 10.1. The second-order valence-corrected chi connectivity index (χ2v) is 6.80. The van der Waals surface area contributed by atoms with Crippen LogP contribution >= 0.6 is 11.6 Å². The predicted molar refractivity (Wildman–Crippen MR) is 117 cm³/mol. The molecule has 4 rings (SSSR count). The van der Waals surface area contributed by atoms with Gasteiger partial charge in [0.05, 0.1) is 16.9 Å². The number of aromatic hydroxyl groups is 1. The van der Waals surface area contributed by atoms with E-state index in [-0.39, 0.29) is 5.75 Å². The highest BCUT2D eigenvalue weighted by molar-refractivity contribution is 6.30. The normalized spacial score (nSPS) is 11.4. The van der Waals surface area contributed by atoms with Crippen LogP contribution < -0.4 is 15.8 Å². The van der Waals surface area contributed by atoms with Crippen LogP contribution in [0.2, 0.25) is 5.02 Å². The zero-order valence-electron chi connectivity index (χ0n) is 15.3. The van der Waals surface area contributed by atoms with Crippen LogP contribution in [0.25, 0.3) is 16.6 Å². The summed E-state index contributed by atoms with van der Waals surface area (Å²) in [5, 5.41) is 14.0. The summed E-state index contributed by atoms with van der Waals surface area (Å²) in [6, 6.07) is 23.4. The van der Waals surface area contributed by atoms with Crippen LogP contribution in [-0.2, 0) is 0 Å². The summed E-state index contributed by atoms with van der Waals surface area (Å²) in [5.74, 6) is 1.61. The number of nitrogens with two attached hydrogens (primary N) is 1. The van der Waals surface area contributed by atoms with Crippen molar-refractivity contribution in [2.24, 2.45) is 5.73 Å². The number of fused-ring (bicyclic) bond motifs is 1. The van der Waals surface area contributed by atoms with Gasteiger partial charge >= 0.3 is 0 Å². The SMILES string of the molecule is N/C(=C\Nc1ccc(O)cc1)c1ccc2c(Oc3ccc(Cl)cc3)cccc2n1. The number of ether oxygens (including phenoxy) is 1. The van der Waals surface area contributed by atoms with Crippen LogP contribution in [0.4, 0.5) is 5.69 Å². The lowest BCUT2D eigenvalue weighted by molar-refractivity contribution is 0.475. The van der Waals surface area contributed by atoms with Gasteiger partial charge < -0.3 is 20.9 Å². The summed E-state index contributed by atoms with van der Waals surface area (Å²) in [4.78, 5) is 4.64. The number of hydrogen-bond donors (Lipinski definition) is 3. The molecule has 0 unspecified atom stereocenters. The molecule has 6 heteroatoms. The van der Waals surface area contributed by atoms with Crippen molar-refractivity contribution in [2.75, 3.05) is 5.32 Å². The van der Waals surface area contributed by atoms with E-state index in [0.29, 0.717) is 27.9 Å². The van der Waals surface area contributed by atoms with Crippen LogP contribution in [0.1, 0.15) is 5.69 Å². The van der Waals surface area contributed by atoms with Crippen molar-refractivity contribution in [1.29, 1.82) is 0 Å². The first-order valence-corrected chi connectivity index (χ1v) is 9.31. The Morgan fingerprint density at radius 2 is 1.72 bits per heavy atom. The Kier molecular flexibility index (Phi) is 5.22. The maximum atomic E-state index is 9.35. The molecule has 0 aliphatic rings. The van der Waals surface area contributed by atoms with Crippen LogP contribution in [0.3, 0.4) is 0 Å². The maximum absolute atomic E-state index is 9.35. The number of phenols is 1. The molecule has 29 heavy (non-hydrogen) atoms. The fraction of sp³-hybridized carbons (Fsp3) is 0. The summed E-state index contributed by atoms with van der Waals surface area (Å²) in [6.45, 7) is 0. The first kappa shape index (κ1) is 18.7. The third-order valence-electron chi connectivity index (χ3n) is 4.29. The zero-order valence-corrected chi connectivity index (χ0v) is 16.1. The number of rotatable bonds is 5. The van der Waals surface area contributed by atoms with Crippen LogP contribution in [0.5, 0.6) is 17.2 Å². The molecular weight excluding hydrogens is 386 g/mol. The van der Waals surface area contributed by atoms with Gasteiger partial charge in [0, 0.05) is 22.3 Å². The first-order chi connectivity index (χ1) is 14.1. The number of nitrogens with zero attached hydrogens (tertiary/aromatic N) is 1. The monoisotopic (exact) mass is 403 g/mol. The Morgan fingerprint density at radius 1 is 0.966 bits per heavy atom. The molecule has 144 valence electrons. The van der Waals surface area contributed by atoms with Gasteiger partial charge in [-0.05, 0) is 72.8 Å². The van der Waals surface area contributed by atoms with Crippen molar-refractivity contribution in [2.45, 2.75) is 0 Å². The molecule has 0 fully saturated rings. The summed E-state index contributed by atoms with van der Waals surface area (Å²) in [6.07, 6.45) is 1.68. The average Bonchev–Trinajstić information content (AvgIpc) is 2.74. The van der Waals surface area contributed by atoms with Crippen LogP contribution in [0.15, 0.2) is 85.1 Å². The molecule has 0 saturated carbocycles. The van der Waals surface area contributed by atoms with Crippen LogP contribution in [0, 0.1) is 0 Å². The van der Waals surface area contributed by atoms with E-state index in [1.54, 1.807) is 42.6 Å². The molecule has 0 saturated heterocycles. The van der Waals surface area contributed by atoms with E-state index in [1.807, 2.05) is 42.5 Å². The Balaban J connectivity index is 1.58. The number of aromatic nitrogens is 1. The average molecular weight is 404 g/mol. The van der Waals surface area contributed by atoms with Crippen molar-refractivity contribution >= 4 is 33.9 Å². The zero-order chi connectivity index (χ0) is 20.2. The number of anilines is 1. The maximum Gasteiger partial charge on any atom is 0.136 e. The van der Waals surface area contributed by atoms with E-state index in [0.717, 1.165) is 16.6 Å². The number of benzene rings is 3. The van der Waals surface area contributed by atoms with Gasteiger partial charge in [0.25, 0.3) is 0 Å². The molecule has 0 radical (unpaired) electrons. The highest BCUT2D eigenvalue weighted by Crippen LogP contribution is 2.30. The van der Waals surface area contributed by atoms with Crippen LogP contribution in [-0.4, -0.2) is 10.1 Å². The van der Waals surface area contributed by atoms with E-state index in [9.17, 15) is 5.11 Å². The molecule has 0 atom stereocenters. The van der Waals surface area contributed by atoms with Gasteiger partial charge in [-0.15, -0.1) is 0 Å². The number of hydrogen-bond acceptors (Lipinski definition) is 5. The van der Waals surface area contributed by atoms with E-state index in [4.69, 9.17) is 22.1 Å². The van der Waals surface area contributed by atoms with Crippen molar-refractivity contribution in [3.05, 3.63) is 95.8 Å². The third kappa shape index (κ3) is 4.42. The predicted octanol–water partition coefficient (Wildman–Crippen LogP) is 5.76. The summed E-state index contributed by atoms with van der Waals surface area (Å²) in [5.41, 5.74) is 8.90. The first-order valence-electron chi connectivity index (χ1n) is 8.93. The van der Waals surface area contributed by atoms with Crippen molar-refractivity contribution in [3.63, 3.8) is 0 Å². The van der Waals surface area contributed by atoms with Gasteiger partial charge in [-0.25, -0.2) is 4.98 Å². The molecule has 0 amide bonds. The highest BCUT2D eigenvalue weighted by Gasteiger charge is 2.07.